The van der Waals surface area contributed by atoms with Crippen LogP contribution in [-0.2, 0) is 16.4 Å². The Morgan fingerprint density at radius 1 is 1.28 bits per heavy atom. The number of ether oxygens (including phenoxy) is 1. The summed E-state index contributed by atoms with van der Waals surface area (Å²) < 4.78 is 29.1. The minimum Gasteiger partial charge on any atom is -0.497 e. The van der Waals surface area contributed by atoms with E-state index in [4.69, 9.17) is 16.3 Å². The van der Waals surface area contributed by atoms with Gasteiger partial charge in [-0.3, -0.25) is 14.9 Å². The molecule has 0 N–H and O–H groups in total. The number of halogens is 1. The van der Waals surface area contributed by atoms with Crippen molar-refractivity contribution in [3.8, 4) is 5.75 Å². The van der Waals surface area contributed by atoms with Gasteiger partial charge in [0.15, 0.2) is 9.84 Å². The van der Waals surface area contributed by atoms with Crippen molar-refractivity contribution in [2.45, 2.75) is 19.0 Å². The van der Waals surface area contributed by atoms with E-state index in [0.717, 1.165) is 11.6 Å². The zero-order valence-electron chi connectivity index (χ0n) is 15.6. The van der Waals surface area contributed by atoms with E-state index in [2.05, 4.69) is 0 Å². The third-order valence-electron chi connectivity index (χ3n) is 4.81. The average molecular weight is 439 g/mol. The van der Waals surface area contributed by atoms with E-state index in [9.17, 15) is 23.3 Å². The maximum absolute atomic E-state index is 13.2. The van der Waals surface area contributed by atoms with Crippen molar-refractivity contribution in [2.24, 2.45) is 0 Å². The lowest BCUT2D eigenvalue weighted by Crippen LogP contribution is -2.40. The summed E-state index contributed by atoms with van der Waals surface area (Å²) >= 11 is 5.84. The molecule has 0 bridgehead atoms. The molecule has 29 heavy (non-hydrogen) atoms. The highest BCUT2D eigenvalue weighted by molar-refractivity contribution is 7.91. The summed E-state index contributed by atoms with van der Waals surface area (Å²) in [7, 11) is -1.69. The van der Waals surface area contributed by atoms with Gasteiger partial charge in [0.1, 0.15) is 10.8 Å². The SMILES string of the molecule is COc1ccc(CN(C(=O)c2ccc(Cl)c([N+](=O)[O-])c2)[C@@H]2CCS(=O)(=O)C2)cc1. The lowest BCUT2D eigenvalue weighted by atomic mass is 10.1. The molecule has 1 heterocycles. The Morgan fingerprint density at radius 3 is 2.52 bits per heavy atom. The van der Waals surface area contributed by atoms with E-state index in [0.29, 0.717) is 12.2 Å². The molecule has 0 radical (unpaired) electrons. The molecular formula is C19H19ClN2O6S. The smallest absolute Gasteiger partial charge is 0.288 e. The Balaban J connectivity index is 1.94. The molecule has 1 amide bonds. The van der Waals surface area contributed by atoms with E-state index < -0.39 is 26.7 Å². The highest BCUT2D eigenvalue weighted by Gasteiger charge is 2.35. The van der Waals surface area contributed by atoms with Crippen molar-refractivity contribution in [1.29, 1.82) is 0 Å². The fraction of sp³-hybridized carbons (Fsp3) is 0.316. The summed E-state index contributed by atoms with van der Waals surface area (Å²) in [5.74, 6) is 0.0427. The van der Waals surface area contributed by atoms with Crippen molar-refractivity contribution in [3.63, 3.8) is 0 Å². The molecule has 1 aliphatic rings. The van der Waals surface area contributed by atoms with Gasteiger partial charge in [0, 0.05) is 24.2 Å². The van der Waals surface area contributed by atoms with Crippen LogP contribution < -0.4 is 4.74 Å². The Kier molecular flexibility index (Phi) is 6.09. The molecule has 1 atom stereocenters. The Hall–Kier alpha value is -2.65. The zero-order chi connectivity index (χ0) is 21.2. The molecule has 0 saturated carbocycles. The van der Waals surface area contributed by atoms with Crippen LogP contribution in [0.3, 0.4) is 0 Å². The predicted molar refractivity (Wildman–Crippen MR) is 108 cm³/mol. The lowest BCUT2D eigenvalue weighted by Gasteiger charge is -2.28. The second-order valence-electron chi connectivity index (χ2n) is 6.76. The van der Waals surface area contributed by atoms with Gasteiger partial charge in [-0.2, -0.15) is 0 Å². The summed E-state index contributed by atoms with van der Waals surface area (Å²) in [6, 6.07) is 10.4. The molecule has 154 valence electrons. The number of methoxy groups -OCH3 is 1. The van der Waals surface area contributed by atoms with E-state index >= 15 is 0 Å². The summed E-state index contributed by atoms with van der Waals surface area (Å²) in [5, 5.41) is 11.1. The van der Waals surface area contributed by atoms with E-state index in [1.54, 1.807) is 31.4 Å². The fourth-order valence-electron chi connectivity index (χ4n) is 3.27. The number of amides is 1. The van der Waals surface area contributed by atoms with Crippen LogP contribution in [0.15, 0.2) is 42.5 Å². The maximum Gasteiger partial charge on any atom is 0.288 e. The van der Waals surface area contributed by atoms with Crippen molar-refractivity contribution in [3.05, 3.63) is 68.7 Å². The molecule has 1 aliphatic heterocycles. The normalized spacial score (nSPS) is 17.7. The molecule has 1 fully saturated rings. The quantitative estimate of drug-likeness (QED) is 0.506. The van der Waals surface area contributed by atoms with Gasteiger partial charge in [-0.25, -0.2) is 8.42 Å². The second kappa shape index (κ2) is 8.38. The first-order valence-corrected chi connectivity index (χ1v) is 11.0. The first-order valence-electron chi connectivity index (χ1n) is 8.78. The largest absolute Gasteiger partial charge is 0.497 e. The number of nitro groups is 1. The molecule has 10 heteroatoms. The number of hydrogen-bond donors (Lipinski definition) is 0. The topological polar surface area (TPSA) is 107 Å². The van der Waals surface area contributed by atoms with Crippen LogP contribution in [0.2, 0.25) is 5.02 Å². The monoisotopic (exact) mass is 438 g/mol. The number of nitrogens with zero attached hydrogens (tertiary/aromatic N) is 2. The van der Waals surface area contributed by atoms with Crippen LogP contribution in [-0.4, -0.2) is 48.8 Å². The summed E-state index contributed by atoms with van der Waals surface area (Å²) in [4.78, 5) is 25.2. The summed E-state index contributed by atoms with van der Waals surface area (Å²) in [5.41, 5.74) is 0.492. The number of carbonyl (C=O) groups excluding carboxylic acids is 1. The van der Waals surface area contributed by atoms with Gasteiger partial charge in [0.2, 0.25) is 0 Å². The number of nitro benzene ring substituents is 1. The number of benzene rings is 2. The van der Waals surface area contributed by atoms with Gasteiger partial charge in [-0.15, -0.1) is 0 Å². The number of rotatable bonds is 6. The van der Waals surface area contributed by atoms with Crippen molar-refractivity contribution in [2.75, 3.05) is 18.6 Å². The predicted octanol–water partition coefficient (Wildman–Crippen LogP) is 3.09. The molecule has 0 spiro atoms. The van der Waals surface area contributed by atoms with Crippen molar-refractivity contribution in [1.82, 2.24) is 4.90 Å². The second-order valence-corrected chi connectivity index (χ2v) is 9.40. The van der Waals surface area contributed by atoms with Gasteiger partial charge in [0.25, 0.3) is 11.6 Å². The first kappa shape index (κ1) is 21.1. The Labute approximate surface area is 173 Å². The Bertz CT molecular complexity index is 1040. The van der Waals surface area contributed by atoms with Crippen molar-refractivity contribution < 1.29 is 22.9 Å². The van der Waals surface area contributed by atoms with Crippen LogP contribution in [0.5, 0.6) is 5.75 Å². The van der Waals surface area contributed by atoms with Crippen LogP contribution in [0.1, 0.15) is 22.3 Å². The van der Waals surface area contributed by atoms with E-state index in [-0.39, 0.29) is 34.3 Å². The van der Waals surface area contributed by atoms with Crippen LogP contribution >= 0.6 is 11.6 Å². The molecular weight excluding hydrogens is 420 g/mol. The molecule has 2 aromatic carbocycles. The average Bonchev–Trinajstić information content (AvgIpc) is 3.05. The maximum atomic E-state index is 13.2. The lowest BCUT2D eigenvalue weighted by molar-refractivity contribution is -0.384. The molecule has 8 nitrogen and oxygen atoms in total. The summed E-state index contributed by atoms with van der Waals surface area (Å²) in [6.07, 6.45) is 0.319. The molecule has 2 aromatic rings. The first-order chi connectivity index (χ1) is 13.7. The highest BCUT2D eigenvalue weighted by Crippen LogP contribution is 2.28. The van der Waals surface area contributed by atoms with E-state index in [1.165, 1.54) is 17.0 Å². The third-order valence-corrected chi connectivity index (χ3v) is 6.88. The minimum atomic E-state index is -3.23. The molecule has 1 saturated heterocycles. The van der Waals surface area contributed by atoms with Gasteiger partial charge >= 0.3 is 0 Å². The van der Waals surface area contributed by atoms with E-state index in [1.807, 2.05) is 0 Å². The van der Waals surface area contributed by atoms with Crippen molar-refractivity contribution >= 4 is 33.0 Å². The highest BCUT2D eigenvalue weighted by atomic mass is 35.5. The van der Waals surface area contributed by atoms with Crippen LogP contribution in [0, 0.1) is 10.1 Å². The third kappa shape index (κ3) is 4.86. The summed E-state index contributed by atoms with van der Waals surface area (Å²) in [6.45, 7) is 0.166. The van der Waals surface area contributed by atoms with Crippen LogP contribution in [0.25, 0.3) is 0 Å². The molecule has 0 unspecified atom stereocenters. The molecule has 3 rings (SSSR count). The standard InChI is InChI=1S/C19H19ClN2O6S/c1-28-16-5-2-13(3-6-16)11-21(15-8-9-29(26,27)12-15)19(23)14-4-7-17(20)18(10-14)22(24)25/h2-7,10,15H,8-9,11-12H2,1H3/t15-/m1/s1. The molecule has 0 aliphatic carbocycles. The minimum absolute atomic E-state index is 0.00479. The number of sulfone groups is 1. The number of hydrogen-bond acceptors (Lipinski definition) is 6. The fourth-order valence-corrected chi connectivity index (χ4v) is 5.18. The Morgan fingerprint density at radius 2 is 1.97 bits per heavy atom. The number of carbonyl (C=O) groups is 1. The van der Waals surface area contributed by atoms with Crippen LogP contribution in [0.4, 0.5) is 5.69 Å². The van der Waals surface area contributed by atoms with Gasteiger partial charge in [0.05, 0.1) is 23.5 Å². The van der Waals surface area contributed by atoms with Gasteiger partial charge < -0.3 is 9.64 Å². The zero-order valence-corrected chi connectivity index (χ0v) is 17.1. The van der Waals surface area contributed by atoms with Gasteiger partial charge in [-0.1, -0.05) is 23.7 Å². The molecule has 0 aromatic heterocycles. The van der Waals surface area contributed by atoms with Gasteiger partial charge in [-0.05, 0) is 36.2 Å².